The van der Waals surface area contributed by atoms with Crippen molar-refractivity contribution in [2.45, 2.75) is 31.1 Å². The molecule has 1 saturated carbocycles. The van der Waals surface area contributed by atoms with Gasteiger partial charge in [-0.05, 0) is 42.9 Å². The van der Waals surface area contributed by atoms with Gasteiger partial charge in [0.25, 0.3) is 0 Å². The fourth-order valence-electron chi connectivity index (χ4n) is 2.38. The maximum absolute atomic E-state index is 5.68. The van der Waals surface area contributed by atoms with Gasteiger partial charge < -0.3 is 10.5 Å². The molecule has 2 N–H and O–H groups in total. The second-order valence-corrected chi connectivity index (χ2v) is 4.29. The predicted molar refractivity (Wildman–Crippen MR) is 60.0 cm³/mol. The molecule has 82 valence electrons. The lowest BCUT2D eigenvalue weighted by Gasteiger charge is -2.42. The summed E-state index contributed by atoms with van der Waals surface area (Å²) in [4.78, 5) is 4.22. The molecule has 1 aromatic heterocycles. The van der Waals surface area contributed by atoms with E-state index in [4.69, 9.17) is 10.5 Å². The maximum Gasteiger partial charge on any atom is 0.137 e. The first-order chi connectivity index (χ1) is 7.30. The summed E-state index contributed by atoms with van der Waals surface area (Å²) < 4.78 is 5.20. The minimum absolute atomic E-state index is 0.288. The van der Waals surface area contributed by atoms with E-state index in [0.29, 0.717) is 0 Å². The number of nitrogens with two attached hydrogens (primary N) is 1. The molecule has 0 unspecified atom stereocenters. The molecule has 15 heavy (non-hydrogen) atoms. The molecular formula is C12H18N2O. The molecule has 1 aliphatic rings. The van der Waals surface area contributed by atoms with E-state index in [1.807, 2.05) is 6.20 Å². The summed E-state index contributed by atoms with van der Waals surface area (Å²) in [6, 6.07) is 2.10. The summed E-state index contributed by atoms with van der Waals surface area (Å²) in [5.74, 6) is 0.843. The van der Waals surface area contributed by atoms with E-state index in [9.17, 15) is 0 Å². The number of hydrogen-bond donors (Lipinski definition) is 1. The quantitative estimate of drug-likeness (QED) is 0.818. The van der Waals surface area contributed by atoms with E-state index in [2.05, 4.69) is 11.1 Å². The van der Waals surface area contributed by atoms with Gasteiger partial charge in [-0.2, -0.15) is 0 Å². The summed E-state index contributed by atoms with van der Waals surface area (Å²) in [6.45, 7) is 0.747. The average molecular weight is 206 g/mol. The zero-order chi connectivity index (χ0) is 10.7. The normalized spacial score (nSPS) is 18.3. The highest BCUT2D eigenvalue weighted by molar-refractivity contribution is 5.31. The van der Waals surface area contributed by atoms with Crippen molar-refractivity contribution in [1.82, 2.24) is 4.98 Å². The second kappa shape index (κ2) is 4.19. The minimum Gasteiger partial charge on any atom is -0.495 e. The van der Waals surface area contributed by atoms with Crippen LogP contribution < -0.4 is 10.5 Å². The summed E-state index contributed by atoms with van der Waals surface area (Å²) in [7, 11) is 1.68. The topological polar surface area (TPSA) is 48.1 Å². The standard InChI is InChI=1S/C12H18N2O/c1-15-11-7-10(8-14-9-11)12(5-6-13)3-2-4-12/h7-9H,2-6,13H2,1H3. The fraction of sp³-hybridized carbons (Fsp3) is 0.583. The molecule has 3 nitrogen and oxygen atoms in total. The van der Waals surface area contributed by atoms with Gasteiger partial charge in [-0.1, -0.05) is 6.42 Å². The molecule has 0 radical (unpaired) electrons. The van der Waals surface area contributed by atoms with Crippen LogP contribution in [0.4, 0.5) is 0 Å². The molecule has 1 fully saturated rings. The zero-order valence-electron chi connectivity index (χ0n) is 9.20. The lowest BCUT2D eigenvalue weighted by atomic mass is 9.63. The predicted octanol–water partition coefficient (Wildman–Crippen LogP) is 1.86. The van der Waals surface area contributed by atoms with Gasteiger partial charge in [0.1, 0.15) is 5.75 Å². The molecule has 0 amide bonds. The Hall–Kier alpha value is -1.09. The number of hydrogen-bond acceptors (Lipinski definition) is 3. The molecule has 0 saturated heterocycles. The van der Waals surface area contributed by atoms with Gasteiger partial charge >= 0.3 is 0 Å². The molecule has 3 heteroatoms. The van der Waals surface area contributed by atoms with E-state index >= 15 is 0 Å². The van der Waals surface area contributed by atoms with Gasteiger partial charge in [0.2, 0.25) is 0 Å². The molecule has 1 aromatic rings. The second-order valence-electron chi connectivity index (χ2n) is 4.29. The van der Waals surface area contributed by atoms with E-state index in [1.54, 1.807) is 13.3 Å². The van der Waals surface area contributed by atoms with Crippen LogP contribution in [0, 0.1) is 0 Å². The highest BCUT2D eigenvalue weighted by atomic mass is 16.5. The van der Waals surface area contributed by atoms with Gasteiger partial charge in [-0.25, -0.2) is 0 Å². The Labute approximate surface area is 90.7 Å². The number of pyridine rings is 1. The Balaban J connectivity index is 2.26. The van der Waals surface area contributed by atoms with Crippen LogP contribution in [0.3, 0.4) is 0 Å². The monoisotopic (exact) mass is 206 g/mol. The van der Waals surface area contributed by atoms with Crippen molar-refractivity contribution in [2.24, 2.45) is 5.73 Å². The first-order valence-electron chi connectivity index (χ1n) is 5.50. The zero-order valence-corrected chi connectivity index (χ0v) is 9.20. The van der Waals surface area contributed by atoms with Gasteiger partial charge in [-0.3, -0.25) is 4.98 Å². The number of ether oxygens (including phenoxy) is 1. The van der Waals surface area contributed by atoms with Crippen molar-refractivity contribution >= 4 is 0 Å². The Morgan fingerprint density at radius 2 is 2.27 bits per heavy atom. The summed E-state index contributed by atoms with van der Waals surface area (Å²) >= 11 is 0. The van der Waals surface area contributed by atoms with Crippen LogP contribution in [0.5, 0.6) is 5.75 Å². The third-order valence-electron chi connectivity index (χ3n) is 3.49. The van der Waals surface area contributed by atoms with Crippen LogP contribution in [-0.2, 0) is 5.41 Å². The van der Waals surface area contributed by atoms with Crippen molar-refractivity contribution in [3.63, 3.8) is 0 Å². The van der Waals surface area contributed by atoms with Gasteiger partial charge in [-0.15, -0.1) is 0 Å². The maximum atomic E-state index is 5.68. The fourth-order valence-corrected chi connectivity index (χ4v) is 2.38. The Morgan fingerprint density at radius 1 is 1.47 bits per heavy atom. The lowest BCUT2D eigenvalue weighted by Crippen LogP contribution is -2.36. The lowest BCUT2D eigenvalue weighted by molar-refractivity contribution is 0.228. The van der Waals surface area contributed by atoms with Crippen molar-refractivity contribution in [1.29, 1.82) is 0 Å². The van der Waals surface area contributed by atoms with Crippen molar-refractivity contribution in [3.05, 3.63) is 24.0 Å². The third-order valence-corrected chi connectivity index (χ3v) is 3.49. The third kappa shape index (κ3) is 1.84. The molecule has 2 rings (SSSR count). The van der Waals surface area contributed by atoms with E-state index in [0.717, 1.165) is 18.7 Å². The SMILES string of the molecule is COc1cncc(C2(CCN)CCC2)c1. The number of methoxy groups -OCH3 is 1. The molecule has 0 bridgehead atoms. The molecule has 0 aromatic carbocycles. The van der Waals surface area contributed by atoms with Gasteiger partial charge in [0.15, 0.2) is 0 Å². The largest absolute Gasteiger partial charge is 0.495 e. The first kappa shape index (κ1) is 10.4. The Bertz CT molecular complexity index is 334. The van der Waals surface area contributed by atoms with Crippen LogP contribution in [0.15, 0.2) is 18.5 Å². The van der Waals surface area contributed by atoms with Gasteiger partial charge in [0, 0.05) is 6.20 Å². The average Bonchev–Trinajstić information content (AvgIpc) is 2.23. The van der Waals surface area contributed by atoms with Crippen LogP contribution in [0.25, 0.3) is 0 Å². The Kier molecular flexibility index (Phi) is 2.91. The van der Waals surface area contributed by atoms with Crippen molar-refractivity contribution in [2.75, 3.05) is 13.7 Å². The summed E-state index contributed by atoms with van der Waals surface area (Å²) in [5.41, 5.74) is 7.26. The number of rotatable bonds is 4. The van der Waals surface area contributed by atoms with Crippen LogP contribution in [0.1, 0.15) is 31.2 Å². The van der Waals surface area contributed by atoms with E-state index < -0.39 is 0 Å². The van der Waals surface area contributed by atoms with Crippen LogP contribution in [-0.4, -0.2) is 18.6 Å². The van der Waals surface area contributed by atoms with Crippen molar-refractivity contribution in [3.8, 4) is 5.75 Å². The summed E-state index contributed by atoms with van der Waals surface area (Å²) in [6.07, 6.45) is 8.53. The van der Waals surface area contributed by atoms with Gasteiger partial charge in [0.05, 0.1) is 13.3 Å². The summed E-state index contributed by atoms with van der Waals surface area (Å²) in [5, 5.41) is 0. The molecule has 0 atom stereocenters. The minimum atomic E-state index is 0.288. The highest BCUT2D eigenvalue weighted by Gasteiger charge is 2.38. The van der Waals surface area contributed by atoms with Crippen LogP contribution in [0.2, 0.25) is 0 Å². The first-order valence-corrected chi connectivity index (χ1v) is 5.50. The molecule has 0 spiro atoms. The molecule has 1 heterocycles. The molecule has 1 aliphatic carbocycles. The number of nitrogens with zero attached hydrogens (tertiary/aromatic N) is 1. The smallest absolute Gasteiger partial charge is 0.137 e. The highest BCUT2D eigenvalue weighted by Crippen LogP contribution is 2.46. The number of aromatic nitrogens is 1. The molecular weight excluding hydrogens is 188 g/mol. The van der Waals surface area contributed by atoms with Crippen molar-refractivity contribution < 1.29 is 4.74 Å². The van der Waals surface area contributed by atoms with E-state index in [1.165, 1.54) is 24.8 Å². The van der Waals surface area contributed by atoms with E-state index in [-0.39, 0.29) is 5.41 Å². The van der Waals surface area contributed by atoms with Crippen LogP contribution >= 0.6 is 0 Å². The molecule has 0 aliphatic heterocycles. The Morgan fingerprint density at radius 3 is 2.80 bits per heavy atom.